The van der Waals surface area contributed by atoms with Crippen molar-refractivity contribution in [3.63, 3.8) is 0 Å². The minimum absolute atomic E-state index is 0.0308. The molecule has 1 aliphatic heterocycles. The van der Waals surface area contributed by atoms with Crippen molar-refractivity contribution in [2.75, 3.05) is 6.61 Å². The zero-order valence-electron chi connectivity index (χ0n) is 13.3. The fourth-order valence-corrected chi connectivity index (χ4v) is 4.41. The molecule has 1 aliphatic carbocycles. The molecule has 2 rings (SSSR count). The smallest absolute Gasteiger partial charge is 0.310 e. The first-order valence-electron chi connectivity index (χ1n) is 8.16. The summed E-state index contributed by atoms with van der Waals surface area (Å²) in [7, 11) is 0. The second-order valence-corrected chi connectivity index (χ2v) is 7.75. The minimum atomic E-state index is -0.366. The number of hydrogen-bond acceptors (Lipinski definition) is 3. The van der Waals surface area contributed by atoms with E-state index < -0.39 is 0 Å². The van der Waals surface area contributed by atoms with Crippen LogP contribution in [0.15, 0.2) is 0 Å². The molecule has 22 heavy (non-hydrogen) atoms. The average molecular weight is 350 g/mol. The number of alkyl halides is 2. The van der Waals surface area contributed by atoms with Gasteiger partial charge in [-0.3, -0.25) is 9.59 Å². The number of amides is 1. The van der Waals surface area contributed by atoms with E-state index in [4.69, 9.17) is 27.9 Å². The fraction of sp³-hybridized carbons (Fsp3) is 0.875. The third-order valence-corrected chi connectivity index (χ3v) is 5.71. The Morgan fingerprint density at radius 1 is 1.09 bits per heavy atom. The highest BCUT2D eigenvalue weighted by Gasteiger charge is 2.35. The van der Waals surface area contributed by atoms with Crippen molar-refractivity contribution < 1.29 is 14.3 Å². The number of piperidine rings is 1. The topological polar surface area (TPSA) is 46.6 Å². The van der Waals surface area contributed by atoms with Gasteiger partial charge in [0.15, 0.2) is 6.61 Å². The Morgan fingerprint density at radius 2 is 1.73 bits per heavy atom. The Hall–Kier alpha value is -0.480. The van der Waals surface area contributed by atoms with Crippen LogP contribution in [-0.4, -0.2) is 46.2 Å². The van der Waals surface area contributed by atoms with Gasteiger partial charge in [-0.05, 0) is 52.4 Å². The highest BCUT2D eigenvalue weighted by Crippen LogP contribution is 2.32. The van der Waals surface area contributed by atoms with Gasteiger partial charge < -0.3 is 9.64 Å². The lowest BCUT2D eigenvalue weighted by Gasteiger charge is -2.39. The number of hydrogen-bond donors (Lipinski definition) is 0. The Morgan fingerprint density at radius 3 is 2.32 bits per heavy atom. The number of nitrogens with zero attached hydrogens (tertiary/aromatic N) is 1. The van der Waals surface area contributed by atoms with E-state index in [1.807, 2.05) is 18.7 Å². The molecule has 5 unspecified atom stereocenters. The lowest BCUT2D eigenvalue weighted by molar-refractivity contribution is -0.158. The maximum absolute atomic E-state index is 12.3. The van der Waals surface area contributed by atoms with Crippen molar-refractivity contribution in [3.05, 3.63) is 0 Å². The maximum atomic E-state index is 12.3. The van der Waals surface area contributed by atoms with E-state index in [-0.39, 0.29) is 47.2 Å². The van der Waals surface area contributed by atoms with Crippen molar-refractivity contribution in [1.29, 1.82) is 0 Å². The standard InChI is InChI=1S/C16H25Cl2NO3/c1-10-4-3-5-11(2)19(10)15(20)9-22-16(21)13-7-6-12(17)8-14(13)18/h10-14H,3-9H2,1-2H3. The number of likely N-dealkylation sites (tertiary alicyclic amines) is 1. The van der Waals surface area contributed by atoms with Crippen LogP contribution in [0.4, 0.5) is 0 Å². The lowest BCUT2D eigenvalue weighted by atomic mass is 9.88. The van der Waals surface area contributed by atoms with Gasteiger partial charge in [-0.2, -0.15) is 0 Å². The maximum Gasteiger partial charge on any atom is 0.310 e. The summed E-state index contributed by atoms with van der Waals surface area (Å²) >= 11 is 12.2. The summed E-state index contributed by atoms with van der Waals surface area (Å²) in [6.45, 7) is 3.91. The number of carbonyl (C=O) groups is 2. The van der Waals surface area contributed by atoms with E-state index >= 15 is 0 Å². The molecular formula is C16H25Cl2NO3. The van der Waals surface area contributed by atoms with Crippen LogP contribution in [-0.2, 0) is 14.3 Å². The zero-order chi connectivity index (χ0) is 16.3. The number of ether oxygens (including phenoxy) is 1. The van der Waals surface area contributed by atoms with Gasteiger partial charge in [0.25, 0.3) is 5.91 Å². The fourth-order valence-electron chi connectivity index (χ4n) is 3.56. The molecule has 6 heteroatoms. The Bertz CT molecular complexity index is 408. The Labute approximate surface area is 142 Å². The van der Waals surface area contributed by atoms with Gasteiger partial charge in [-0.1, -0.05) is 0 Å². The third-order valence-electron chi connectivity index (χ3n) is 4.83. The highest BCUT2D eigenvalue weighted by atomic mass is 35.5. The second kappa shape index (κ2) is 7.87. The number of halogens is 2. The van der Waals surface area contributed by atoms with Crippen LogP contribution in [0.3, 0.4) is 0 Å². The summed E-state index contributed by atoms with van der Waals surface area (Å²) in [6, 6.07) is 0.421. The van der Waals surface area contributed by atoms with E-state index in [0.29, 0.717) is 12.8 Å². The van der Waals surface area contributed by atoms with Crippen LogP contribution >= 0.6 is 23.2 Å². The van der Waals surface area contributed by atoms with E-state index in [1.54, 1.807) is 0 Å². The summed E-state index contributed by atoms with van der Waals surface area (Å²) in [5.41, 5.74) is 0. The van der Waals surface area contributed by atoms with Crippen LogP contribution in [0.25, 0.3) is 0 Å². The van der Waals surface area contributed by atoms with E-state index in [9.17, 15) is 9.59 Å². The van der Waals surface area contributed by atoms with Gasteiger partial charge >= 0.3 is 5.97 Å². The molecular weight excluding hydrogens is 325 g/mol. The van der Waals surface area contributed by atoms with Crippen LogP contribution < -0.4 is 0 Å². The quantitative estimate of drug-likeness (QED) is 0.579. The molecule has 5 atom stereocenters. The van der Waals surface area contributed by atoms with Gasteiger partial charge in [0.2, 0.25) is 0 Å². The van der Waals surface area contributed by atoms with Gasteiger partial charge in [0.1, 0.15) is 0 Å². The van der Waals surface area contributed by atoms with Crippen LogP contribution in [0.5, 0.6) is 0 Å². The van der Waals surface area contributed by atoms with Crippen LogP contribution in [0, 0.1) is 5.92 Å². The molecule has 0 spiro atoms. The molecule has 1 saturated heterocycles. The molecule has 0 aromatic carbocycles. The summed E-state index contributed by atoms with van der Waals surface area (Å²) in [4.78, 5) is 26.3. The average Bonchev–Trinajstić information content (AvgIpc) is 2.44. The summed E-state index contributed by atoms with van der Waals surface area (Å²) in [5.74, 6) is -0.819. The van der Waals surface area contributed by atoms with Crippen LogP contribution in [0.2, 0.25) is 0 Å². The minimum Gasteiger partial charge on any atom is -0.455 e. The van der Waals surface area contributed by atoms with Crippen molar-refractivity contribution >= 4 is 35.1 Å². The SMILES string of the molecule is CC1CCCC(C)N1C(=O)COC(=O)C1CCC(Cl)CC1Cl. The number of esters is 1. The van der Waals surface area contributed by atoms with E-state index in [1.165, 1.54) is 0 Å². The molecule has 0 bridgehead atoms. The predicted molar refractivity (Wildman–Crippen MR) is 87.2 cm³/mol. The molecule has 2 aliphatic rings. The third kappa shape index (κ3) is 4.29. The van der Waals surface area contributed by atoms with Crippen molar-refractivity contribution in [3.8, 4) is 0 Å². The molecule has 2 fully saturated rings. The number of rotatable bonds is 3. The Balaban J connectivity index is 1.84. The molecule has 0 aromatic heterocycles. The van der Waals surface area contributed by atoms with Gasteiger partial charge in [0, 0.05) is 22.8 Å². The predicted octanol–water partition coefficient (Wildman–Crippen LogP) is 3.33. The van der Waals surface area contributed by atoms with E-state index in [2.05, 4.69) is 0 Å². The molecule has 126 valence electrons. The first kappa shape index (κ1) is 17.9. The van der Waals surface area contributed by atoms with Gasteiger partial charge in [-0.25, -0.2) is 0 Å². The van der Waals surface area contributed by atoms with Crippen LogP contribution in [0.1, 0.15) is 52.4 Å². The molecule has 0 radical (unpaired) electrons. The molecule has 0 aromatic rings. The molecule has 4 nitrogen and oxygen atoms in total. The zero-order valence-corrected chi connectivity index (χ0v) is 14.8. The van der Waals surface area contributed by atoms with Gasteiger partial charge in [0.05, 0.1) is 5.92 Å². The van der Waals surface area contributed by atoms with Crippen molar-refractivity contribution in [2.24, 2.45) is 5.92 Å². The largest absolute Gasteiger partial charge is 0.455 e. The first-order valence-corrected chi connectivity index (χ1v) is 9.03. The molecule has 1 amide bonds. The Kier molecular flexibility index (Phi) is 6.39. The monoisotopic (exact) mass is 349 g/mol. The molecule has 1 heterocycles. The summed E-state index contributed by atoms with van der Waals surface area (Å²) < 4.78 is 5.24. The summed E-state index contributed by atoms with van der Waals surface area (Å²) in [6.07, 6.45) is 5.16. The first-order chi connectivity index (χ1) is 10.4. The lowest BCUT2D eigenvalue weighted by Crippen LogP contribution is -2.49. The highest BCUT2D eigenvalue weighted by molar-refractivity contribution is 6.24. The van der Waals surface area contributed by atoms with Crippen molar-refractivity contribution in [2.45, 2.75) is 75.2 Å². The second-order valence-electron chi connectivity index (χ2n) is 6.57. The van der Waals surface area contributed by atoms with E-state index in [0.717, 1.165) is 25.7 Å². The summed E-state index contributed by atoms with van der Waals surface area (Å²) in [5, 5.41) is -0.269. The van der Waals surface area contributed by atoms with Crippen molar-refractivity contribution in [1.82, 2.24) is 4.90 Å². The normalized spacial score (nSPS) is 36.0. The number of carbonyl (C=O) groups excluding carboxylic acids is 2. The molecule has 1 saturated carbocycles. The molecule has 0 N–H and O–H groups in total. The van der Waals surface area contributed by atoms with Gasteiger partial charge in [-0.15, -0.1) is 23.2 Å².